The first-order valence-corrected chi connectivity index (χ1v) is 4.07. The minimum Gasteiger partial charge on any atom is -0.306 e. The van der Waals surface area contributed by atoms with Gasteiger partial charge >= 0.3 is 0 Å². The fraction of sp³-hybridized carbons (Fsp3) is 1.00. The molecular formula is C8H16FN. The summed E-state index contributed by atoms with van der Waals surface area (Å²) in [6.07, 6.45) is 3.53. The van der Waals surface area contributed by atoms with E-state index in [0.717, 1.165) is 19.5 Å². The molecule has 1 saturated heterocycles. The predicted octanol–water partition coefficient (Wildman–Crippen LogP) is 1.69. The molecule has 1 rings (SSSR count). The summed E-state index contributed by atoms with van der Waals surface area (Å²) in [5.74, 6) is 0.312. The molecule has 0 saturated carbocycles. The van der Waals surface area contributed by atoms with E-state index in [0.29, 0.717) is 5.92 Å². The fourth-order valence-corrected chi connectivity index (χ4v) is 1.56. The smallest absolute Gasteiger partial charge is 0.0934 e. The molecule has 0 aromatic rings. The highest BCUT2D eigenvalue weighted by Crippen LogP contribution is 2.15. The van der Waals surface area contributed by atoms with E-state index in [9.17, 15) is 4.39 Å². The first-order chi connectivity index (χ1) is 4.83. The first kappa shape index (κ1) is 7.99. The number of hydrogen-bond acceptors (Lipinski definition) is 1. The summed E-state index contributed by atoms with van der Waals surface area (Å²) in [4.78, 5) is 2.23. The van der Waals surface area contributed by atoms with Gasteiger partial charge in [-0.15, -0.1) is 0 Å². The van der Waals surface area contributed by atoms with Crippen LogP contribution in [-0.4, -0.2) is 31.7 Å². The lowest BCUT2D eigenvalue weighted by atomic mass is 10.1. The summed E-state index contributed by atoms with van der Waals surface area (Å²) in [5, 5.41) is 0. The third-order valence-corrected chi connectivity index (χ3v) is 2.19. The predicted molar refractivity (Wildman–Crippen MR) is 40.8 cm³/mol. The number of hydrogen-bond donors (Lipinski definition) is 0. The molecule has 1 aliphatic heterocycles. The van der Waals surface area contributed by atoms with Crippen molar-refractivity contribution in [2.75, 3.05) is 26.8 Å². The maximum Gasteiger partial charge on any atom is 0.0934 e. The molecule has 10 heavy (non-hydrogen) atoms. The van der Waals surface area contributed by atoms with Gasteiger partial charge in [0.05, 0.1) is 6.67 Å². The quantitative estimate of drug-likeness (QED) is 0.542. The van der Waals surface area contributed by atoms with Crippen LogP contribution in [0.1, 0.15) is 19.3 Å². The molecule has 1 fully saturated rings. The van der Waals surface area contributed by atoms with Crippen LogP contribution in [0.25, 0.3) is 0 Å². The molecule has 1 nitrogen and oxygen atoms in total. The van der Waals surface area contributed by atoms with Gasteiger partial charge in [-0.2, -0.15) is 0 Å². The van der Waals surface area contributed by atoms with E-state index in [4.69, 9.17) is 0 Å². The Morgan fingerprint density at radius 1 is 1.50 bits per heavy atom. The summed E-state index contributed by atoms with van der Waals surface area (Å²) >= 11 is 0. The average molecular weight is 145 g/mol. The number of nitrogens with zero attached hydrogens (tertiary/aromatic N) is 1. The van der Waals surface area contributed by atoms with Crippen LogP contribution in [0.4, 0.5) is 4.39 Å². The van der Waals surface area contributed by atoms with E-state index in [1.807, 2.05) is 0 Å². The van der Waals surface area contributed by atoms with E-state index >= 15 is 0 Å². The summed E-state index contributed by atoms with van der Waals surface area (Å²) in [6, 6.07) is 0. The van der Waals surface area contributed by atoms with Gasteiger partial charge in [-0.1, -0.05) is 6.42 Å². The zero-order valence-electron chi connectivity index (χ0n) is 6.65. The largest absolute Gasteiger partial charge is 0.306 e. The monoisotopic (exact) mass is 145 g/mol. The molecule has 1 atom stereocenters. The minimum atomic E-state index is -0.135. The van der Waals surface area contributed by atoms with Gasteiger partial charge in [0, 0.05) is 6.54 Å². The van der Waals surface area contributed by atoms with Crippen LogP contribution >= 0.6 is 0 Å². The van der Waals surface area contributed by atoms with Crippen molar-refractivity contribution >= 4 is 0 Å². The van der Waals surface area contributed by atoms with Crippen molar-refractivity contribution in [1.82, 2.24) is 4.90 Å². The third kappa shape index (κ3) is 2.25. The van der Waals surface area contributed by atoms with E-state index < -0.39 is 0 Å². The molecule has 0 bridgehead atoms. The maximum atomic E-state index is 12.2. The Morgan fingerprint density at radius 2 is 2.30 bits per heavy atom. The highest BCUT2D eigenvalue weighted by molar-refractivity contribution is 4.67. The van der Waals surface area contributed by atoms with Gasteiger partial charge in [0.2, 0.25) is 0 Å². The van der Waals surface area contributed by atoms with E-state index in [1.165, 1.54) is 12.8 Å². The first-order valence-electron chi connectivity index (χ1n) is 4.07. The van der Waals surface area contributed by atoms with Gasteiger partial charge in [0.1, 0.15) is 0 Å². The Labute approximate surface area is 62.2 Å². The fourth-order valence-electron chi connectivity index (χ4n) is 1.56. The van der Waals surface area contributed by atoms with Gasteiger partial charge in [-0.25, -0.2) is 0 Å². The van der Waals surface area contributed by atoms with Crippen LogP contribution in [0, 0.1) is 5.92 Å². The SMILES string of the molecule is CN1CCCC[C@@H](CF)C1. The molecule has 0 spiro atoms. The second-order valence-corrected chi connectivity index (χ2v) is 3.28. The van der Waals surface area contributed by atoms with Crippen LogP contribution in [0.3, 0.4) is 0 Å². The van der Waals surface area contributed by atoms with Gasteiger partial charge in [0.25, 0.3) is 0 Å². The lowest BCUT2D eigenvalue weighted by Gasteiger charge is -2.16. The van der Waals surface area contributed by atoms with Crippen LogP contribution in [0.15, 0.2) is 0 Å². The molecule has 60 valence electrons. The average Bonchev–Trinajstić information content (AvgIpc) is 2.13. The Hall–Kier alpha value is -0.110. The summed E-state index contributed by atoms with van der Waals surface area (Å²) in [7, 11) is 2.08. The lowest BCUT2D eigenvalue weighted by Crippen LogP contribution is -2.24. The zero-order chi connectivity index (χ0) is 7.40. The number of alkyl halides is 1. The topological polar surface area (TPSA) is 3.24 Å². The Bertz CT molecular complexity index is 95.3. The van der Waals surface area contributed by atoms with Crippen LogP contribution in [0.5, 0.6) is 0 Å². The molecule has 0 N–H and O–H groups in total. The van der Waals surface area contributed by atoms with Gasteiger partial charge in [-0.3, -0.25) is 4.39 Å². The number of halogens is 1. The Kier molecular flexibility index (Phi) is 3.13. The van der Waals surface area contributed by atoms with Crippen molar-refractivity contribution in [3.05, 3.63) is 0 Å². The van der Waals surface area contributed by atoms with E-state index in [1.54, 1.807) is 0 Å². The van der Waals surface area contributed by atoms with Gasteiger partial charge < -0.3 is 4.90 Å². The van der Waals surface area contributed by atoms with E-state index in [-0.39, 0.29) is 6.67 Å². The van der Waals surface area contributed by atoms with Crippen molar-refractivity contribution in [3.8, 4) is 0 Å². The van der Waals surface area contributed by atoms with Crippen LogP contribution < -0.4 is 0 Å². The number of rotatable bonds is 1. The molecule has 1 heterocycles. The molecule has 2 heteroatoms. The van der Waals surface area contributed by atoms with Crippen LogP contribution in [0.2, 0.25) is 0 Å². The van der Waals surface area contributed by atoms with Gasteiger partial charge in [-0.05, 0) is 32.4 Å². The Balaban J connectivity index is 2.30. The molecule has 0 aromatic heterocycles. The second kappa shape index (κ2) is 3.91. The maximum absolute atomic E-state index is 12.2. The normalized spacial score (nSPS) is 30.0. The molecule has 0 radical (unpaired) electrons. The van der Waals surface area contributed by atoms with Crippen molar-refractivity contribution < 1.29 is 4.39 Å². The third-order valence-electron chi connectivity index (χ3n) is 2.19. The summed E-state index contributed by atoms with van der Waals surface area (Å²) in [5.41, 5.74) is 0. The molecule has 1 aliphatic rings. The second-order valence-electron chi connectivity index (χ2n) is 3.28. The summed E-state index contributed by atoms with van der Waals surface area (Å²) in [6.45, 7) is 1.97. The zero-order valence-corrected chi connectivity index (χ0v) is 6.65. The summed E-state index contributed by atoms with van der Waals surface area (Å²) < 4.78 is 12.2. The van der Waals surface area contributed by atoms with Gasteiger partial charge in [0.15, 0.2) is 0 Å². The molecule has 0 aromatic carbocycles. The van der Waals surface area contributed by atoms with Crippen molar-refractivity contribution in [2.45, 2.75) is 19.3 Å². The van der Waals surface area contributed by atoms with Crippen LogP contribution in [-0.2, 0) is 0 Å². The molecule has 0 unspecified atom stereocenters. The Morgan fingerprint density at radius 3 is 3.00 bits per heavy atom. The number of likely N-dealkylation sites (tertiary alicyclic amines) is 1. The van der Waals surface area contributed by atoms with Crippen molar-refractivity contribution in [1.29, 1.82) is 0 Å². The van der Waals surface area contributed by atoms with Crippen molar-refractivity contribution in [3.63, 3.8) is 0 Å². The van der Waals surface area contributed by atoms with E-state index in [2.05, 4.69) is 11.9 Å². The standard InChI is InChI=1S/C8H16FN/c1-10-5-3-2-4-8(6-9)7-10/h8H,2-7H2,1H3/t8-/m0/s1. The lowest BCUT2D eigenvalue weighted by molar-refractivity contribution is 0.259. The minimum absolute atomic E-state index is 0.135. The highest BCUT2D eigenvalue weighted by Gasteiger charge is 2.14. The molecule has 0 aliphatic carbocycles. The molecular weight excluding hydrogens is 129 g/mol. The highest BCUT2D eigenvalue weighted by atomic mass is 19.1. The van der Waals surface area contributed by atoms with Crippen molar-refractivity contribution in [2.24, 2.45) is 5.92 Å². The molecule has 0 amide bonds.